The minimum absolute atomic E-state index is 0.173. The molecule has 0 fully saturated rings. The van der Waals surface area contributed by atoms with Crippen molar-refractivity contribution in [2.24, 2.45) is 0 Å². The monoisotopic (exact) mass is 456 g/mol. The first-order chi connectivity index (χ1) is 13.2. The summed E-state index contributed by atoms with van der Waals surface area (Å²) >= 11 is 9.77. The SMILES string of the molecule is COc1cc(CNCCCNCCO)cc(Br)c1OCc1ccccc1Cl. The molecule has 0 radical (unpaired) electrons. The van der Waals surface area contributed by atoms with Crippen LogP contribution in [0.25, 0.3) is 0 Å². The molecule has 148 valence electrons. The lowest BCUT2D eigenvalue weighted by Gasteiger charge is -2.15. The number of nitrogens with one attached hydrogen (secondary N) is 2. The van der Waals surface area contributed by atoms with Crippen LogP contribution in [-0.2, 0) is 13.2 Å². The minimum Gasteiger partial charge on any atom is -0.493 e. The standard InChI is InChI=1S/C20H26BrClN2O3/c1-26-19-12-15(13-24-8-4-7-23-9-10-25)11-17(21)20(19)27-14-16-5-2-3-6-18(16)22/h2-3,5-6,11-12,23-25H,4,7-10,13-14H2,1H3. The average molecular weight is 458 g/mol. The van der Waals surface area contributed by atoms with Gasteiger partial charge in [-0.3, -0.25) is 0 Å². The summed E-state index contributed by atoms with van der Waals surface area (Å²) in [5.74, 6) is 1.34. The zero-order valence-electron chi connectivity index (χ0n) is 15.4. The van der Waals surface area contributed by atoms with Crippen LogP contribution in [0.3, 0.4) is 0 Å². The zero-order valence-corrected chi connectivity index (χ0v) is 17.8. The van der Waals surface area contributed by atoms with Crippen molar-refractivity contribution in [2.75, 3.05) is 33.4 Å². The van der Waals surface area contributed by atoms with Crippen LogP contribution in [0.15, 0.2) is 40.9 Å². The molecule has 27 heavy (non-hydrogen) atoms. The fraction of sp³-hybridized carbons (Fsp3) is 0.400. The van der Waals surface area contributed by atoms with E-state index in [1.165, 1.54) is 0 Å². The molecule has 0 heterocycles. The van der Waals surface area contributed by atoms with Crippen molar-refractivity contribution < 1.29 is 14.6 Å². The first kappa shape index (κ1) is 22.0. The quantitative estimate of drug-likeness (QED) is 0.424. The van der Waals surface area contributed by atoms with Gasteiger partial charge in [0.1, 0.15) is 6.61 Å². The fourth-order valence-electron chi connectivity index (χ4n) is 2.56. The number of ether oxygens (including phenoxy) is 2. The predicted molar refractivity (Wildman–Crippen MR) is 113 cm³/mol. The Morgan fingerprint density at radius 2 is 1.89 bits per heavy atom. The second-order valence-electron chi connectivity index (χ2n) is 5.99. The molecule has 0 aliphatic heterocycles. The van der Waals surface area contributed by atoms with E-state index in [1.54, 1.807) is 7.11 Å². The highest BCUT2D eigenvalue weighted by atomic mass is 79.9. The number of methoxy groups -OCH3 is 1. The van der Waals surface area contributed by atoms with Crippen LogP contribution >= 0.6 is 27.5 Å². The molecule has 0 spiro atoms. The van der Waals surface area contributed by atoms with Crippen LogP contribution in [-0.4, -0.2) is 38.5 Å². The summed E-state index contributed by atoms with van der Waals surface area (Å²) in [7, 11) is 1.63. The summed E-state index contributed by atoms with van der Waals surface area (Å²) in [5, 5.41) is 16.0. The number of hydrogen-bond acceptors (Lipinski definition) is 5. The summed E-state index contributed by atoms with van der Waals surface area (Å²) in [6, 6.07) is 11.6. The van der Waals surface area contributed by atoms with Crippen LogP contribution in [0.1, 0.15) is 17.5 Å². The maximum atomic E-state index is 8.72. The lowest BCUT2D eigenvalue weighted by molar-refractivity contribution is 0.282. The van der Waals surface area contributed by atoms with E-state index in [9.17, 15) is 0 Å². The van der Waals surface area contributed by atoms with E-state index < -0.39 is 0 Å². The van der Waals surface area contributed by atoms with Crippen LogP contribution in [0.4, 0.5) is 0 Å². The van der Waals surface area contributed by atoms with Gasteiger partial charge in [-0.1, -0.05) is 29.8 Å². The first-order valence-corrected chi connectivity index (χ1v) is 10.1. The Morgan fingerprint density at radius 1 is 1.11 bits per heavy atom. The molecule has 2 aromatic rings. The Morgan fingerprint density at radius 3 is 2.63 bits per heavy atom. The van der Waals surface area contributed by atoms with Crippen LogP contribution < -0.4 is 20.1 Å². The topological polar surface area (TPSA) is 62.8 Å². The van der Waals surface area contributed by atoms with E-state index in [2.05, 4.69) is 26.6 Å². The molecule has 0 saturated carbocycles. The third-order valence-electron chi connectivity index (χ3n) is 3.94. The van der Waals surface area contributed by atoms with Crippen LogP contribution in [0.2, 0.25) is 5.02 Å². The largest absolute Gasteiger partial charge is 0.493 e. The molecule has 5 nitrogen and oxygen atoms in total. The molecule has 0 unspecified atom stereocenters. The van der Waals surface area contributed by atoms with Gasteiger partial charge in [0.15, 0.2) is 11.5 Å². The molecule has 0 atom stereocenters. The molecule has 0 aliphatic rings. The normalized spacial score (nSPS) is 10.8. The number of aliphatic hydroxyl groups is 1. The minimum atomic E-state index is 0.173. The Labute approximate surface area is 174 Å². The summed E-state index contributed by atoms with van der Waals surface area (Å²) < 4.78 is 12.3. The van der Waals surface area contributed by atoms with Crippen molar-refractivity contribution in [1.82, 2.24) is 10.6 Å². The Hall–Kier alpha value is -1.31. The van der Waals surface area contributed by atoms with Crippen molar-refractivity contribution in [2.45, 2.75) is 19.6 Å². The summed E-state index contributed by atoms with van der Waals surface area (Å²) in [5.41, 5.74) is 2.03. The highest BCUT2D eigenvalue weighted by molar-refractivity contribution is 9.10. The van der Waals surface area contributed by atoms with E-state index in [-0.39, 0.29) is 6.61 Å². The molecule has 7 heteroatoms. The number of aliphatic hydroxyl groups excluding tert-OH is 1. The van der Waals surface area contributed by atoms with Gasteiger partial charge in [-0.2, -0.15) is 0 Å². The summed E-state index contributed by atoms with van der Waals surface area (Å²) in [6.07, 6.45) is 0.997. The highest BCUT2D eigenvalue weighted by Crippen LogP contribution is 2.37. The van der Waals surface area contributed by atoms with Crippen molar-refractivity contribution in [3.8, 4) is 11.5 Å². The first-order valence-electron chi connectivity index (χ1n) is 8.90. The molecule has 2 aromatic carbocycles. The molecule has 0 bridgehead atoms. The lowest BCUT2D eigenvalue weighted by Crippen LogP contribution is -2.23. The maximum absolute atomic E-state index is 8.72. The summed E-state index contributed by atoms with van der Waals surface area (Å²) in [6.45, 7) is 3.69. The van der Waals surface area contributed by atoms with Gasteiger partial charge in [-0.05, 0) is 59.2 Å². The van der Waals surface area contributed by atoms with Gasteiger partial charge in [0, 0.05) is 23.7 Å². The van der Waals surface area contributed by atoms with E-state index in [1.807, 2.05) is 36.4 Å². The average Bonchev–Trinajstić information content (AvgIpc) is 2.67. The number of rotatable bonds is 12. The molecule has 0 aromatic heterocycles. The van der Waals surface area contributed by atoms with Crippen molar-refractivity contribution in [3.05, 3.63) is 57.0 Å². The Bertz CT molecular complexity index is 716. The molecule has 0 aliphatic carbocycles. The molecule has 0 saturated heterocycles. The second kappa shape index (κ2) is 12.2. The van der Waals surface area contributed by atoms with E-state index in [4.69, 9.17) is 26.2 Å². The molecular formula is C20H26BrClN2O3. The number of benzene rings is 2. The number of hydrogen-bond donors (Lipinski definition) is 3. The predicted octanol–water partition coefficient (Wildman–Crippen LogP) is 3.75. The Kier molecular flexibility index (Phi) is 9.94. The summed E-state index contributed by atoms with van der Waals surface area (Å²) in [4.78, 5) is 0. The van der Waals surface area contributed by atoms with Gasteiger partial charge in [0.05, 0.1) is 18.2 Å². The van der Waals surface area contributed by atoms with E-state index in [0.29, 0.717) is 29.7 Å². The van der Waals surface area contributed by atoms with E-state index in [0.717, 1.165) is 41.7 Å². The molecule has 0 amide bonds. The van der Waals surface area contributed by atoms with Crippen molar-refractivity contribution in [3.63, 3.8) is 0 Å². The molecular weight excluding hydrogens is 432 g/mol. The number of halogens is 2. The second-order valence-corrected chi connectivity index (χ2v) is 7.25. The van der Waals surface area contributed by atoms with Gasteiger partial charge in [-0.15, -0.1) is 0 Å². The van der Waals surface area contributed by atoms with Crippen molar-refractivity contribution >= 4 is 27.5 Å². The van der Waals surface area contributed by atoms with Gasteiger partial charge in [0.2, 0.25) is 0 Å². The van der Waals surface area contributed by atoms with E-state index >= 15 is 0 Å². The van der Waals surface area contributed by atoms with Crippen LogP contribution in [0.5, 0.6) is 11.5 Å². The van der Waals surface area contributed by atoms with Crippen LogP contribution in [0, 0.1) is 0 Å². The van der Waals surface area contributed by atoms with Gasteiger partial charge >= 0.3 is 0 Å². The van der Waals surface area contributed by atoms with Gasteiger partial charge in [-0.25, -0.2) is 0 Å². The van der Waals surface area contributed by atoms with Gasteiger partial charge < -0.3 is 25.2 Å². The van der Waals surface area contributed by atoms with Crippen molar-refractivity contribution in [1.29, 1.82) is 0 Å². The lowest BCUT2D eigenvalue weighted by atomic mass is 10.2. The maximum Gasteiger partial charge on any atom is 0.175 e. The Balaban J connectivity index is 1.91. The smallest absolute Gasteiger partial charge is 0.175 e. The highest BCUT2D eigenvalue weighted by Gasteiger charge is 2.12. The third kappa shape index (κ3) is 7.31. The zero-order chi connectivity index (χ0) is 19.5. The fourth-order valence-corrected chi connectivity index (χ4v) is 3.35. The molecule has 2 rings (SSSR count). The third-order valence-corrected chi connectivity index (χ3v) is 4.90. The van der Waals surface area contributed by atoms with Gasteiger partial charge in [0.25, 0.3) is 0 Å². The molecule has 3 N–H and O–H groups in total.